The van der Waals surface area contributed by atoms with Crippen LogP contribution in [0.1, 0.15) is 40.0 Å². The molecule has 0 unspecified atom stereocenters. The van der Waals surface area contributed by atoms with Gasteiger partial charge in [0.05, 0.1) is 6.61 Å². The number of para-hydroxylation sites is 2. The molecule has 6 heteroatoms. The summed E-state index contributed by atoms with van der Waals surface area (Å²) < 4.78 is 17.2. The van der Waals surface area contributed by atoms with Gasteiger partial charge in [-0.1, -0.05) is 56.3 Å². The first kappa shape index (κ1) is 22.9. The highest BCUT2D eigenvalue weighted by Gasteiger charge is 2.24. The summed E-state index contributed by atoms with van der Waals surface area (Å²) >= 11 is 0. The van der Waals surface area contributed by atoms with Crippen LogP contribution in [0.5, 0.6) is 11.5 Å². The van der Waals surface area contributed by atoms with E-state index in [4.69, 9.17) is 13.8 Å². The van der Waals surface area contributed by atoms with Gasteiger partial charge >= 0.3 is 14.5 Å². The van der Waals surface area contributed by atoms with Crippen LogP contribution >= 0.6 is 8.53 Å². The predicted octanol–water partition coefficient (Wildman–Crippen LogP) is 6.03. The lowest BCUT2D eigenvalue weighted by Crippen LogP contribution is -2.29. The number of carbonyl (C=O) groups excluding carboxylic acids is 1. The van der Waals surface area contributed by atoms with Gasteiger partial charge in [0.1, 0.15) is 11.5 Å². The van der Waals surface area contributed by atoms with Crippen molar-refractivity contribution >= 4 is 14.5 Å². The summed E-state index contributed by atoms with van der Waals surface area (Å²) in [7, 11) is -1.43. The number of benzene rings is 2. The quantitative estimate of drug-likeness (QED) is 0.421. The number of ether oxygens (including phenoxy) is 1. The van der Waals surface area contributed by atoms with Gasteiger partial charge in [-0.25, -0.2) is 9.88 Å². The van der Waals surface area contributed by atoms with E-state index in [1.54, 1.807) is 0 Å². The molecule has 3 rings (SSSR count). The van der Waals surface area contributed by atoms with Crippen LogP contribution in [0.4, 0.5) is 0 Å². The van der Waals surface area contributed by atoms with Crippen LogP contribution in [-0.4, -0.2) is 18.6 Å². The topological polar surface area (TPSA) is 56.8 Å². The molecule has 1 atom stereocenters. The molecule has 29 heavy (non-hydrogen) atoms. The largest absolute Gasteiger partial charge is 0.463 e. The van der Waals surface area contributed by atoms with Crippen LogP contribution in [0.3, 0.4) is 0 Å². The lowest BCUT2D eigenvalue weighted by Gasteiger charge is -2.26. The van der Waals surface area contributed by atoms with Crippen LogP contribution in [0.15, 0.2) is 72.3 Å². The fraction of sp³-hybridized carbons (Fsp3) is 0.348. The molecule has 0 aromatic heterocycles. The fourth-order valence-corrected chi connectivity index (χ4v) is 4.02. The minimum Gasteiger partial charge on any atom is -0.463 e. The molecule has 1 aliphatic carbocycles. The third kappa shape index (κ3) is 7.88. The van der Waals surface area contributed by atoms with E-state index in [1.807, 2.05) is 87.5 Å². The summed E-state index contributed by atoms with van der Waals surface area (Å²) in [5.74, 6) is 1.23. The maximum atomic E-state index is 12.0. The maximum Gasteiger partial charge on any atom is 0.382 e. The van der Waals surface area contributed by atoms with Crippen molar-refractivity contribution in [1.82, 2.24) is 5.09 Å². The second kappa shape index (κ2) is 13.0. The van der Waals surface area contributed by atoms with Crippen LogP contribution in [0.2, 0.25) is 0 Å². The molecule has 0 radical (unpaired) electrons. The minimum absolute atomic E-state index is 0.00306. The summed E-state index contributed by atoms with van der Waals surface area (Å²) in [5.41, 5.74) is 0.718. The molecular formula is C23H30NO4P. The van der Waals surface area contributed by atoms with Crippen molar-refractivity contribution in [3.05, 3.63) is 72.3 Å². The first-order valence-corrected chi connectivity index (χ1v) is 11.3. The Morgan fingerprint density at radius 3 is 2.07 bits per heavy atom. The Labute approximate surface area is 175 Å². The van der Waals surface area contributed by atoms with Gasteiger partial charge in [0.25, 0.3) is 0 Å². The van der Waals surface area contributed by atoms with Crippen molar-refractivity contribution in [3.8, 4) is 11.5 Å². The highest BCUT2D eigenvalue weighted by Crippen LogP contribution is 2.38. The standard InChI is InChI=1S/C21H24NO4P.C2H6/c1-2-24-21(23)17-10-9-11-18(16-17)22-27(25-19-12-5-3-6-13-19)26-20-14-7-4-8-15-20;1-2/h3-8,12-16,18,22H,2,9-11H2,1H3;1-2H3/t18-;/m1./s1. The van der Waals surface area contributed by atoms with E-state index in [1.165, 1.54) is 0 Å². The van der Waals surface area contributed by atoms with E-state index in [2.05, 4.69) is 5.09 Å². The van der Waals surface area contributed by atoms with E-state index in [-0.39, 0.29) is 12.0 Å². The Balaban J connectivity index is 0.00000145. The highest BCUT2D eigenvalue weighted by molar-refractivity contribution is 7.45. The number of hydrogen-bond acceptors (Lipinski definition) is 5. The molecule has 2 aromatic carbocycles. The van der Waals surface area contributed by atoms with E-state index >= 15 is 0 Å². The van der Waals surface area contributed by atoms with Gasteiger partial charge in [0, 0.05) is 11.6 Å². The van der Waals surface area contributed by atoms with Gasteiger partial charge in [0.2, 0.25) is 0 Å². The monoisotopic (exact) mass is 415 g/mol. The molecule has 156 valence electrons. The summed E-state index contributed by atoms with van der Waals surface area (Å²) in [4.78, 5) is 12.0. The average Bonchev–Trinajstić information content (AvgIpc) is 2.77. The summed E-state index contributed by atoms with van der Waals surface area (Å²) in [5, 5.41) is 3.42. The predicted molar refractivity (Wildman–Crippen MR) is 118 cm³/mol. The lowest BCUT2D eigenvalue weighted by atomic mass is 9.96. The van der Waals surface area contributed by atoms with E-state index in [0.29, 0.717) is 6.61 Å². The lowest BCUT2D eigenvalue weighted by molar-refractivity contribution is -0.138. The number of nitrogens with one attached hydrogen (secondary N) is 1. The number of hydrogen-bond donors (Lipinski definition) is 1. The minimum atomic E-state index is -1.43. The SMILES string of the molecule is CC.CCOC(=O)C1=C[C@H](NP(Oc2ccccc2)Oc2ccccc2)CCC1. The molecule has 0 saturated carbocycles. The number of rotatable bonds is 8. The van der Waals surface area contributed by atoms with Crippen LogP contribution in [0, 0.1) is 0 Å². The van der Waals surface area contributed by atoms with Gasteiger partial charge < -0.3 is 13.8 Å². The molecule has 5 nitrogen and oxygen atoms in total. The Hall–Kier alpha value is -2.36. The van der Waals surface area contributed by atoms with Gasteiger partial charge in [-0.15, -0.1) is 0 Å². The summed E-state index contributed by atoms with van der Waals surface area (Å²) in [6, 6.07) is 19.1. The normalized spacial score (nSPS) is 15.6. The average molecular weight is 415 g/mol. The summed E-state index contributed by atoms with van der Waals surface area (Å²) in [6.45, 7) is 6.20. The zero-order chi connectivity index (χ0) is 20.9. The molecule has 0 bridgehead atoms. The van der Waals surface area contributed by atoms with E-state index in [0.717, 1.165) is 36.3 Å². The molecule has 0 fully saturated rings. The van der Waals surface area contributed by atoms with Crippen LogP contribution in [0.25, 0.3) is 0 Å². The smallest absolute Gasteiger partial charge is 0.382 e. The van der Waals surface area contributed by atoms with Gasteiger partial charge in [-0.3, -0.25) is 0 Å². The van der Waals surface area contributed by atoms with Crippen molar-refractivity contribution in [3.63, 3.8) is 0 Å². The Morgan fingerprint density at radius 2 is 1.55 bits per heavy atom. The van der Waals surface area contributed by atoms with Gasteiger partial charge in [0.15, 0.2) is 0 Å². The molecule has 0 heterocycles. The number of esters is 1. The second-order valence-corrected chi connectivity index (χ2v) is 7.24. The zero-order valence-corrected chi connectivity index (χ0v) is 18.2. The maximum absolute atomic E-state index is 12.0. The fourth-order valence-electron chi connectivity index (χ4n) is 2.78. The third-order valence-electron chi connectivity index (χ3n) is 4.04. The van der Waals surface area contributed by atoms with Crippen molar-refractivity contribution in [2.45, 2.75) is 46.1 Å². The molecule has 1 aliphatic rings. The van der Waals surface area contributed by atoms with Gasteiger partial charge in [-0.05, 0) is 50.5 Å². The molecule has 0 aliphatic heterocycles. The molecule has 0 amide bonds. The van der Waals surface area contributed by atoms with Crippen molar-refractivity contribution in [2.24, 2.45) is 0 Å². The van der Waals surface area contributed by atoms with Gasteiger partial charge in [-0.2, -0.15) is 0 Å². The molecule has 2 aromatic rings. The first-order chi connectivity index (χ1) is 14.2. The highest BCUT2D eigenvalue weighted by atomic mass is 31.2. The van der Waals surface area contributed by atoms with Crippen molar-refractivity contribution in [2.75, 3.05) is 6.61 Å². The second-order valence-electron chi connectivity index (χ2n) is 6.11. The molecular weight excluding hydrogens is 385 g/mol. The van der Waals surface area contributed by atoms with Crippen molar-refractivity contribution < 1.29 is 18.6 Å². The van der Waals surface area contributed by atoms with Crippen molar-refractivity contribution in [1.29, 1.82) is 0 Å². The van der Waals surface area contributed by atoms with Crippen LogP contribution in [-0.2, 0) is 9.53 Å². The Morgan fingerprint density at radius 1 is 1.00 bits per heavy atom. The van der Waals surface area contributed by atoms with E-state index in [9.17, 15) is 4.79 Å². The van der Waals surface area contributed by atoms with E-state index < -0.39 is 8.53 Å². The molecule has 0 spiro atoms. The number of carbonyl (C=O) groups is 1. The summed E-state index contributed by atoms with van der Waals surface area (Å²) in [6.07, 6.45) is 4.52. The third-order valence-corrected chi connectivity index (χ3v) is 5.33. The Bertz CT molecular complexity index is 710. The zero-order valence-electron chi connectivity index (χ0n) is 17.3. The van der Waals surface area contributed by atoms with Crippen LogP contribution < -0.4 is 14.1 Å². The molecule has 1 N–H and O–H groups in total. The first-order valence-electron chi connectivity index (χ1n) is 10.1. The molecule has 0 saturated heterocycles. The Kier molecular flexibility index (Phi) is 10.3.